The lowest BCUT2D eigenvalue weighted by molar-refractivity contribution is -0.148. The van der Waals surface area contributed by atoms with Crippen molar-refractivity contribution in [1.29, 1.82) is 0 Å². The van der Waals surface area contributed by atoms with Gasteiger partial charge in [0.05, 0.1) is 0 Å². The summed E-state index contributed by atoms with van der Waals surface area (Å²) in [5.41, 5.74) is 0.672. The van der Waals surface area contributed by atoms with Gasteiger partial charge in [-0.1, -0.05) is 31.9 Å². The van der Waals surface area contributed by atoms with E-state index < -0.39 is 0 Å². The second-order valence-corrected chi connectivity index (χ2v) is 11.3. The number of halogens is 1. The van der Waals surface area contributed by atoms with Crippen molar-refractivity contribution in [2.24, 2.45) is 10.8 Å². The molecule has 1 saturated carbocycles. The van der Waals surface area contributed by atoms with Crippen molar-refractivity contribution in [3.63, 3.8) is 0 Å². The Morgan fingerprint density at radius 3 is 2.27 bits per heavy atom. The van der Waals surface area contributed by atoms with Gasteiger partial charge >= 0.3 is 0 Å². The Bertz CT molecular complexity index is 864. The predicted molar refractivity (Wildman–Crippen MR) is 126 cm³/mol. The first-order valence-electron chi connectivity index (χ1n) is 12.9. The van der Waals surface area contributed by atoms with Gasteiger partial charge in [-0.15, -0.1) is 0 Å². The third-order valence-electron chi connectivity index (χ3n) is 9.33. The molecule has 1 aromatic rings. The Kier molecular flexibility index (Phi) is 6.23. The van der Waals surface area contributed by atoms with Gasteiger partial charge in [-0.25, -0.2) is 4.39 Å². The molecule has 3 heterocycles. The van der Waals surface area contributed by atoms with E-state index >= 15 is 0 Å². The Morgan fingerprint density at radius 2 is 1.64 bits per heavy atom. The fourth-order valence-electron chi connectivity index (χ4n) is 7.03. The molecule has 1 N–H and O–H groups in total. The van der Waals surface area contributed by atoms with Crippen molar-refractivity contribution in [3.05, 3.63) is 35.6 Å². The van der Waals surface area contributed by atoms with Gasteiger partial charge in [0, 0.05) is 43.4 Å². The van der Waals surface area contributed by atoms with Crippen LogP contribution in [0.25, 0.3) is 0 Å². The first-order chi connectivity index (χ1) is 15.9. The van der Waals surface area contributed by atoms with E-state index in [-0.39, 0.29) is 28.5 Å². The minimum atomic E-state index is -0.264. The topological polar surface area (TPSA) is 52.7 Å². The number of likely N-dealkylation sites (tertiary alicyclic amines) is 2. The number of nitrogens with zero attached hydrogens (tertiary/aromatic N) is 2. The zero-order valence-corrected chi connectivity index (χ0v) is 20.0. The summed E-state index contributed by atoms with van der Waals surface area (Å²) in [5.74, 6) is 0.333. The maximum absolute atomic E-state index is 13.6. The molecule has 1 spiro atoms. The van der Waals surface area contributed by atoms with Crippen LogP contribution in [0.1, 0.15) is 76.2 Å². The SMILES string of the molecule is CC1(C(=O)N2CCC3(CC2)CC(=O)NCC3c2ccc(F)cc2)CCN(C2CCCC2)CC1. The second kappa shape index (κ2) is 9.01. The predicted octanol–water partition coefficient (Wildman–Crippen LogP) is 4.08. The van der Waals surface area contributed by atoms with Crippen LogP contribution < -0.4 is 5.32 Å². The molecule has 0 bridgehead atoms. The Balaban J connectivity index is 1.24. The molecular weight excluding hydrogens is 417 g/mol. The summed E-state index contributed by atoms with van der Waals surface area (Å²) in [5, 5.41) is 3.02. The second-order valence-electron chi connectivity index (χ2n) is 11.3. The maximum Gasteiger partial charge on any atom is 0.228 e. The summed E-state index contributed by atoms with van der Waals surface area (Å²) in [7, 11) is 0. The van der Waals surface area contributed by atoms with Crippen molar-refractivity contribution in [2.75, 3.05) is 32.7 Å². The Labute approximate surface area is 197 Å². The number of hydrogen-bond donors (Lipinski definition) is 1. The molecule has 3 saturated heterocycles. The molecule has 3 aliphatic heterocycles. The van der Waals surface area contributed by atoms with Gasteiger partial charge in [0.15, 0.2) is 0 Å². The van der Waals surface area contributed by atoms with Gasteiger partial charge in [0.1, 0.15) is 5.82 Å². The van der Waals surface area contributed by atoms with Crippen molar-refractivity contribution in [2.45, 2.75) is 76.7 Å². The van der Waals surface area contributed by atoms with E-state index in [0.29, 0.717) is 32.0 Å². The van der Waals surface area contributed by atoms with Crippen LogP contribution in [0.5, 0.6) is 0 Å². The third-order valence-corrected chi connectivity index (χ3v) is 9.33. The largest absolute Gasteiger partial charge is 0.355 e. The van der Waals surface area contributed by atoms with E-state index in [1.165, 1.54) is 37.8 Å². The maximum atomic E-state index is 13.6. The zero-order chi connectivity index (χ0) is 23.1. The minimum Gasteiger partial charge on any atom is -0.355 e. The van der Waals surface area contributed by atoms with Gasteiger partial charge in [-0.3, -0.25) is 9.59 Å². The number of amides is 2. The molecule has 5 rings (SSSR count). The summed E-state index contributed by atoms with van der Waals surface area (Å²) >= 11 is 0. The number of carbonyl (C=O) groups is 2. The monoisotopic (exact) mass is 455 g/mol. The summed E-state index contributed by atoms with van der Waals surface area (Å²) in [6, 6.07) is 7.47. The molecule has 4 aliphatic rings. The van der Waals surface area contributed by atoms with E-state index in [4.69, 9.17) is 0 Å². The fraction of sp³-hybridized carbons (Fsp3) is 0.704. The summed E-state index contributed by atoms with van der Waals surface area (Å²) in [6.07, 6.45) is 9.40. The van der Waals surface area contributed by atoms with E-state index in [2.05, 4.69) is 22.0 Å². The van der Waals surface area contributed by atoms with E-state index in [9.17, 15) is 14.0 Å². The van der Waals surface area contributed by atoms with Crippen LogP contribution in [0.15, 0.2) is 24.3 Å². The molecule has 180 valence electrons. The molecule has 6 heteroatoms. The number of piperidine rings is 3. The van der Waals surface area contributed by atoms with Gasteiger partial charge in [0.2, 0.25) is 11.8 Å². The molecule has 1 aromatic carbocycles. The average molecular weight is 456 g/mol. The quantitative estimate of drug-likeness (QED) is 0.747. The first-order valence-corrected chi connectivity index (χ1v) is 12.9. The number of nitrogens with one attached hydrogen (secondary N) is 1. The van der Waals surface area contributed by atoms with Crippen LogP contribution >= 0.6 is 0 Å². The highest BCUT2D eigenvalue weighted by atomic mass is 19.1. The summed E-state index contributed by atoms with van der Waals surface area (Å²) < 4.78 is 13.5. The zero-order valence-electron chi connectivity index (χ0n) is 20.0. The lowest BCUT2D eigenvalue weighted by Crippen LogP contribution is -2.56. The molecule has 1 unspecified atom stereocenters. The third kappa shape index (κ3) is 4.43. The normalized spacial score (nSPS) is 28.1. The van der Waals surface area contributed by atoms with Crippen molar-refractivity contribution in [3.8, 4) is 0 Å². The number of hydrogen-bond acceptors (Lipinski definition) is 3. The molecule has 0 radical (unpaired) electrons. The molecule has 5 nitrogen and oxygen atoms in total. The lowest BCUT2D eigenvalue weighted by Gasteiger charge is -2.50. The molecule has 1 atom stereocenters. The van der Waals surface area contributed by atoms with Crippen LogP contribution in [0, 0.1) is 16.6 Å². The van der Waals surface area contributed by atoms with Crippen LogP contribution in [0.2, 0.25) is 0 Å². The lowest BCUT2D eigenvalue weighted by atomic mass is 9.62. The molecule has 0 aromatic heterocycles. The van der Waals surface area contributed by atoms with Crippen molar-refractivity contribution >= 4 is 11.8 Å². The van der Waals surface area contributed by atoms with Gasteiger partial charge < -0.3 is 15.1 Å². The first kappa shape index (κ1) is 22.8. The smallest absolute Gasteiger partial charge is 0.228 e. The highest BCUT2D eigenvalue weighted by molar-refractivity contribution is 5.83. The molecule has 1 aliphatic carbocycles. The average Bonchev–Trinajstić information content (AvgIpc) is 3.36. The molecule has 2 amide bonds. The van der Waals surface area contributed by atoms with Crippen LogP contribution in [-0.2, 0) is 9.59 Å². The highest BCUT2D eigenvalue weighted by Crippen LogP contribution is 2.49. The minimum absolute atomic E-state index is 0.0967. The number of benzene rings is 1. The standard InChI is InChI=1S/C27H38FN3O2/c1-26(10-14-30(15-11-26)22-4-2-3-5-22)25(33)31-16-12-27(13-17-31)18-24(32)29-19-23(27)20-6-8-21(28)9-7-20/h6-9,22-23H,2-5,10-19H2,1H3,(H,29,32). The molecule has 4 fully saturated rings. The van der Waals surface area contributed by atoms with Gasteiger partial charge in [-0.05, 0) is 74.7 Å². The van der Waals surface area contributed by atoms with Crippen LogP contribution in [0.4, 0.5) is 4.39 Å². The number of rotatable bonds is 3. The van der Waals surface area contributed by atoms with Crippen molar-refractivity contribution < 1.29 is 14.0 Å². The highest BCUT2D eigenvalue weighted by Gasteiger charge is 2.49. The van der Waals surface area contributed by atoms with Crippen LogP contribution in [-0.4, -0.2) is 60.4 Å². The van der Waals surface area contributed by atoms with E-state index in [1.807, 2.05) is 12.1 Å². The van der Waals surface area contributed by atoms with Gasteiger partial charge in [0.25, 0.3) is 0 Å². The summed E-state index contributed by atoms with van der Waals surface area (Å²) in [6.45, 7) is 6.26. The molecule has 33 heavy (non-hydrogen) atoms. The van der Waals surface area contributed by atoms with Gasteiger partial charge in [-0.2, -0.15) is 0 Å². The Morgan fingerprint density at radius 1 is 1.00 bits per heavy atom. The summed E-state index contributed by atoms with van der Waals surface area (Å²) in [4.78, 5) is 30.7. The molecular formula is C27H38FN3O2. The number of carbonyl (C=O) groups excluding carboxylic acids is 2. The van der Waals surface area contributed by atoms with E-state index in [0.717, 1.165) is 50.4 Å². The fourth-order valence-corrected chi connectivity index (χ4v) is 7.03. The van der Waals surface area contributed by atoms with Crippen molar-refractivity contribution in [1.82, 2.24) is 15.1 Å². The van der Waals surface area contributed by atoms with E-state index in [1.54, 1.807) is 0 Å². The van der Waals surface area contributed by atoms with Crippen LogP contribution in [0.3, 0.4) is 0 Å². The Hall–Kier alpha value is -1.95.